The number of unbranched alkanes of at least 4 members (excludes halogenated alkanes) is 1. The summed E-state index contributed by atoms with van der Waals surface area (Å²) in [5.41, 5.74) is 0.996. The number of para-hydroxylation sites is 2. The summed E-state index contributed by atoms with van der Waals surface area (Å²) in [4.78, 5) is 29.7. The average Bonchev–Trinajstić information content (AvgIpc) is 3.02. The van der Waals surface area contributed by atoms with Gasteiger partial charge in [-0.2, -0.15) is 0 Å². The number of nitrogens with one attached hydrogen (secondary N) is 1. The van der Waals surface area contributed by atoms with Crippen molar-refractivity contribution in [3.05, 3.63) is 78.4 Å². The van der Waals surface area contributed by atoms with Gasteiger partial charge in [-0.1, -0.05) is 37.6 Å². The molecule has 0 heterocycles. The number of methoxy groups -OCH3 is 1. The summed E-state index contributed by atoms with van der Waals surface area (Å²) in [6, 6.07) is 19.5. The van der Waals surface area contributed by atoms with Crippen molar-refractivity contribution in [2.24, 2.45) is 0 Å². The molecule has 0 spiro atoms. The SMILES string of the molecule is CCCCNC(=O)[C@@H](C)N(Cc1ccc(OC)cc1)C(=O)CN(c1ccccc1OCC)S(=O)(=O)c1ccc(SC)cc1. The molecular weight excluding hydrogens is 587 g/mol. The molecule has 0 aliphatic rings. The molecule has 2 amide bonds. The number of amides is 2. The summed E-state index contributed by atoms with van der Waals surface area (Å²) in [5, 5.41) is 2.89. The van der Waals surface area contributed by atoms with E-state index in [1.165, 1.54) is 28.8 Å². The van der Waals surface area contributed by atoms with Crippen LogP contribution < -0.4 is 19.1 Å². The first-order valence-corrected chi connectivity index (χ1v) is 16.9. The lowest BCUT2D eigenvalue weighted by molar-refractivity contribution is -0.139. The smallest absolute Gasteiger partial charge is 0.264 e. The van der Waals surface area contributed by atoms with Gasteiger partial charge in [0.15, 0.2) is 0 Å². The molecule has 0 aliphatic carbocycles. The highest BCUT2D eigenvalue weighted by atomic mass is 32.2. The fourth-order valence-corrected chi connectivity index (χ4v) is 6.21. The van der Waals surface area contributed by atoms with Crippen LogP contribution in [0.25, 0.3) is 0 Å². The van der Waals surface area contributed by atoms with E-state index in [1.807, 2.05) is 25.3 Å². The minimum Gasteiger partial charge on any atom is -0.497 e. The van der Waals surface area contributed by atoms with Crippen molar-refractivity contribution in [2.75, 3.05) is 37.4 Å². The van der Waals surface area contributed by atoms with E-state index in [1.54, 1.807) is 69.5 Å². The van der Waals surface area contributed by atoms with Gasteiger partial charge in [0.2, 0.25) is 11.8 Å². The highest BCUT2D eigenvalue weighted by molar-refractivity contribution is 7.98. The number of nitrogens with zero attached hydrogens (tertiary/aromatic N) is 2. The molecule has 9 nitrogen and oxygen atoms in total. The van der Waals surface area contributed by atoms with Crippen LogP contribution in [0.1, 0.15) is 39.2 Å². The summed E-state index contributed by atoms with van der Waals surface area (Å²) in [6.07, 6.45) is 3.62. The average molecular weight is 628 g/mol. The summed E-state index contributed by atoms with van der Waals surface area (Å²) in [5.74, 6) is 0.134. The molecule has 3 aromatic rings. The number of hydrogen-bond acceptors (Lipinski definition) is 7. The Labute approximate surface area is 259 Å². The molecule has 3 rings (SSSR count). The third-order valence-corrected chi connectivity index (χ3v) is 9.39. The number of benzene rings is 3. The van der Waals surface area contributed by atoms with Crippen LogP contribution >= 0.6 is 11.8 Å². The van der Waals surface area contributed by atoms with Crippen LogP contribution in [0.5, 0.6) is 11.5 Å². The molecule has 1 atom stereocenters. The van der Waals surface area contributed by atoms with Gasteiger partial charge in [0.25, 0.3) is 10.0 Å². The fourth-order valence-electron chi connectivity index (χ4n) is 4.38. The first-order valence-electron chi connectivity index (χ1n) is 14.2. The second kappa shape index (κ2) is 16.2. The highest BCUT2D eigenvalue weighted by Crippen LogP contribution is 2.33. The molecule has 0 fully saturated rings. The predicted octanol–water partition coefficient (Wildman–Crippen LogP) is 5.34. The van der Waals surface area contributed by atoms with Crippen LogP contribution in [-0.2, 0) is 26.2 Å². The molecule has 0 aromatic heterocycles. The Bertz CT molecular complexity index is 1450. The van der Waals surface area contributed by atoms with Crippen molar-refractivity contribution in [1.82, 2.24) is 10.2 Å². The van der Waals surface area contributed by atoms with Crippen molar-refractivity contribution >= 4 is 39.3 Å². The van der Waals surface area contributed by atoms with E-state index >= 15 is 0 Å². The van der Waals surface area contributed by atoms with Crippen molar-refractivity contribution in [1.29, 1.82) is 0 Å². The third kappa shape index (κ3) is 8.90. The zero-order valence-corrected chi connectivity index (χ0v) is 27.0. The Morgan fingerprint density at radius 2 is 1.65 bits per heavy atom. The molecule has 43 heavy (non-hydrogen) atoms. The molecule has 0 unspecified atom stereocenters. The number of anilines is 1. The summed E-state index contributed by atoms with van der Waals surface area (Å²) in [7, 11) is -2.65. The Kier molecular flexibility index (Phi) is 12.8. The quantitative estimate of drug-likeness (QED) is 0.169. The lowest BCUT2D eigenvalue weighted by atomic mass is 10.1. The second-order valence-electron chi connectivity index (χ2n) is 9.78. The van der Waals surface area contributed by atoms with Gasteiger partial charge in [0.1, 0.15) is 24.1 Å². The van der Waals surface area contributed by atoms with Crippen LogP contribution in [0.4, 0.5) is 5.69 Å². The van der Waals surface area contributed by atoms with Crippen LogP contribution in [-0.4, -0.2) is 64.2 Å². The van der Waals surface area contributed by atoms with Gasteiger partial charge in [0, 0.05) is 18.0 Å². The Hall–Kier alpha value is -3.70. The number of carbonyl (C=O) groups excluding carboxylic acids is 2. The van der Waals surface area contributed by atoms with Crippen LogP contribution in [0.2, 0.25) is 0 Å². The van der Waals surface area contributed by atoms with Gasteiger partial charge < -0.3 is 19.7 Å². The molecule has 0 bridgehead atoms. The third-order valence-electron chi connectivity index (χ3n) is 6.87. The highest BCUT2D eigenvalue weighted by Gasteiger charge is 2.33. The molecule has 0 aliphatic heterocycles. The minimum absolute atomic E-state index is 0.0384. The lowest BCUT2D eigenvalue weighted by Gasteiger charge is -2.32. The molecular formula is C32H41N3O6S2. The van der Waals surface area contributed by atoms with E-state index in [-0.39, 0.29) is 23.0 Å². The largest absolute Gasteiger partial charge is 0.497 e. The molecule has 3 aromatic carbocycles. The number of thioether (sulfide) groups is 1. The van der Waals surface area contributed by atoms with Gasteiger partial charge in [-0.05, 0) is 80.6 Å². The van der Waals surface area contributed by atoms with Crippen LogP contribution in [0.3, 0.4) is 0 Å². The number of sulfonamides is 1. The van der Waals surface area contributed by atoms with E-state index < -0.39 is 28.5 Å². The summed E-state index contributed by atoms with van der Waals surface area (Å²) >= 11 is 1.50. The maximum absolute atomic E-state index is 14.2. The van der Waals surface area contributed by atoms with E-state index in [2.05, 4.69) is 5.32 Å². The monoisotopic (exact) mass is 627 g/mol. The Morgan fingerprint density at radius 3 is 2.26 bits per heavy atom. The molecule has 0 saturated carbocycles. The fraction of sp³-hybridized carbons (Fsp3) is 0.375. The zero-order chi connectivity index (χ0) is 31.4. The van der Waals surface area contributed by atoms with E-state index in [4.69, 9.17) is 9.47 Å². The van der Waals surface area contributed by atoms with Crippen LogP contribution in [0, 0.1) is 0 Å². The first kappa shape index (κ1) is 33.8. The second-order valence-corrected chi connectivity index (χ2v) is 12.5. The van der Waals surface area contributed by atoms with E-state index in [0.717, 1.165) is 27.6 Å². The maximum atomic E-state index is 14.2. The van der Waals surface area contributed by atoms with Crippen molar-refractivity contribution in [3.63, 3.8) is 0 Å². The molecule has 1 N–H and O–H groups in total. The van der Waals surface area contributed by atoms with Gasteiger partial charge in [-0.3, -0.25) is 13.9 Å². The zero-order valence-electron chi connectivity index (χ0n) is 25.4. The standard InChI is InChI=1S/C32H41N3O6S2/c1-6-8-21-33-32(37)24(3)34(22-25-13-15-26(40-4)16-14-25)31(36)23-35(29-11-9-10-12-30(29)41-7-2)43(38,39)28-19-17-27(42-5)18-20-28/h9-20,24H,6-8,21-23H2,1-5H3,(H,33,37)/t24-/m1/s1. The molecule has 232 valence electrons. The van der Waals surface area contributed by atoms with Gasteiger partial charge >= 0.3 is 0 Å². The van der Waals surface area contributed by atoms with Crippen molar-refractivity contribution in [2.45, 2.75) is 56.0 Å². The van der Waals surface area contributed by atoms with E-state index in [9.17, 15) is 18.0 Å². The topological polar surface area (TPSA) is 105 Å². The van der Waals surface area contributed by atoms with Crippen molar-refractivity contribution < 1.29 is 27.5 Å². The van der Waals surface area contributed by atoms with Crippen molar-refractivity contribution in [3.8, 4) is 11.5 Å². The summed E-state index contributed by atoms with van der Waals surface area (Å²) in [6.45, 7) is 5.82. The normalized spacial score (nSPS) is 11.8. The van der Waals surface area contributed by atoms with E-state index in [0.29, 0.717) is 24.7 Å². The van der Waals surface area contributed by atoms with Crippen LogP contribution in [0.15, 0.2) is 82.6 Å². The molecule has 0 radical (unpaired) electrons. The molecule has 0 saturated heterocycles. The van der Waals surface area contributed by atoms with Gasteiger partial charge in [-0.25, -0.2) is 8.42 Å². The lowest BCUT2D eigenvalue weighted by Crippen LogP contribution is -2.51. The number of rotatable bonds is 16. The maximum Gasteiger partial charge on any atom is 0.264 e. The van der Waals surface area contributed by atoms with Gasteiger partial charge in [-0.15, -0.1) is 11.8 Å². The number of ether oxygens (including phenoxy) is 2. The first-order chi connectivity index (χ1) is 20.7. The van der Waals surface area contributed by atoms with Gasteiger partial charge in [0.05, 0.1) is 24.3 Å². The number of hydrogen-bond donors (Lipinski definition) is 1. The predicted molar refractivity (Wildman–Crippen MR) is 171 cm³/mol. The Balaban J connectivity index is 2.05. The number of carbonyl (C=O) groups is 2. The summed E-state index contributed by atoms with van der Waals surface area (Å²) < 4.78 is 40.4. The Morgan fingerprint density at radius 1 is 0.977 bits per heavy atom. The minimum atomic E-state index is -4.21. The molecule has 11 heteroatoms.